The fourth-order valence-electron chi connectivity index (χ4n) is 4.04. The lowest BCUT2D eigenvalue weighted by molar-refractivity contribution is -0.141. The number of benzene rings is 3. The number of rotatable bonds is 14. The molecular formula is C31H36Cl2N2O4. The molecule has 1 atom stereocenters. The van der Waals surface area contributed by atoms with Crippen LogP contribution < -0.4 is 14.8 Å². The number of carbonyl (C=O) groups excluding carboxylic acids is 2. The third-order valence-electron chi connectivity index (χ3n) is 6.17. The van der Waals surface area contributed by atoms with E-state index in [1.807, 2.05) is 68.4 Å². The summed E-state index contributed by atoms with van der Waals surface area (Å²) in [6.45, 7) is 5.12. The molecule has 2 amide bonds. The quantitative estimate of drug-likeness (QED) is 0.222. The topological polar surface area (TPSA) is 67.9 Å². The Hall–Kier alpha value is -3.22. The molecule has 0 radical (unpaired) electrons. The summed E-state index contributed by atoms with van der Waals surface area (Å²) in [5.41, 5.74) is 1.68. The highest BCUT2D eigenvalue weighted by Crippen LogP contribution is 2.25. The van der Waals surface area contributed by atoms with Crippen LogP contribution in [0.4, 0.5) is 0 Å². The highest BCUT2D eigenvalue weighted by Gasteiger charge is 2.30. The van der Waals surface area contributed by atoms with Crippen molar-refractivity contribution in [3.8, 4) is 11.5 Å². The monoisotopic (exact) mass is 570 g/mol. The lowest BCUT2D eigenvalue weighted by Crippen LogP contribution is -2.51. The minimum Gasteiger partial charge on any atom is -0.497 e. The van der Waals surface area contributed by atoms with Gasteiger partial charge in [0.1, 0.15) is 17.5 Å². The van der Waals surface area contributed by atoms with E-state index in [1.54, 1.807) is 30.2 Å². The van der Waals surface area contributed by atoms with Crippen LogP contribution in [0.25, 0.3) is 0 Å². The second kappa shape index (κ2) is 15.4. The van der Waals surface area contributed by atoms with Gasteiger partial charge in [0.15, 0.2) is 0 Å². The van der Waals surface area contributed by atoms with Gasteiger partial charge in [-0.15, -0.1) is 0 Å². The summed E-state index contributed by atoms with van der Waals surface area (Å²) in [6, 6.07) is 21.5. The second-order valence-corrected chi connectivity index (χ2v) is 10.6. The molecule has 0 unspecified atom stereocenters. The van der Waals surface area contributed by atoms with Crippen LogP contribution in [0.15, 0.2) is 72.8 Å². The smallest absolute Gasteiger partial charge is 0.243 e. The van der Waals surface area contributed by atoms with Gasteiger partial charge in [0.25, 0.3) is 0 Å². The maximum Gasteiger partial charge on any atom is 0.243 e. The van der Waals surface area contributed by atoms with Crippen molar-refractivity contribution in [1.82, 2.24) is 10.2 Å². The molecule has 1 N–H and O–H groups in total. The molecule has 6 nitrogen and oxygen atoms in total. The first-order valence-electron chi connectivity index (χ1n) is 13.1. The van der Waals surface area contributed by atoms with E-state index < -0.39 is 6.04 Å². The Bertz CT molecular complexity index is 1200. The van der Waals surface area contributed by atoms with E-state index in [4.69, 9.17) is 32.7 Å². The number of nitrogens with one attached hydrogen (secondary N) is 1. The van der Waals surface area contributed by atoms with Crippen molar-refractivity contribution in [2.45, 2.75) is 45.7 Å². The second-order valence-electron chi connectivity index (χ2n) is 9.73. The molecule has 39 heavy (non-hydrogen) atoms. The fourth-order valence-corrected chi connectivity index (χ4v) is 4.51. The van der Waals surface area contributed by atoms with Crippen molar-refractivity contribution in [2.75, 3.05) is 20.3 Å². The zero-order chi connectivity index (χ0) is 28.2. The molecular weight excluding hydrogens is 535 g/mol. The van der Waals surface area contributed by atoms with Crippen LogP contribution >= 0.6 is 23.2 Å². The Kier molecular flexibility index (Phi) is 12.0. The highest BCUT2D eigenvalue weighted by molar-refractivity contribution is 6.35. The highest BCUT2D eigenvalue weighted by atomic mass is 35.5. The Morgan fingerprint density at radius 3 is 2.28 bits per heavy atom. The Morgan fingerprint density at radius 1 is 0.949 bits per heavy atom. The van der Waals surface area contributed by atoms with E-state index in [0.717, 1.165) is 16.9 Å². The van der Waals surface area contributed by atoms with Crippen LogP contribution in [0.5, 0.6) is 11.5 Å². The van der Waals surface area contributed by atoms with Crippen molar-refractivity contribution in [2.24, 2.45) is 5.92 Å². The summed E-state index contributed by atoms with van der Waals surface area (Å²) in [4.78, 5) is 28.8. The molecule has 0 aliphatic rings. The van der Waals surface area contributed by atoms with Gasteiger partial charge in [-0.25, -0.2) is 0 Å². The molecule has 3 rings (SSSR count). The van der Waals surface area contributed by atoms with Crippen LogP contribution in [0.3, 0.4) is 0 Å². The van der Waals surface area contributed by atoms with Crippen LogP contribution in [0.1, 0.15) is 37.8 Å². The molecule has 3 aromatic carbocycles. The summed E-state index contributed by atoms with van der Waals surface area (Å²) in [5.74, 6) is 1.37. The lowest BCUT2D eigenvalue weighted by atomic mass is 10.0. The first-order valence-corrected chi connectivity index (χ1v) is 13.8. The van der Waals surface area contributed by atoms with E-state index in [1.165, 1.54) is 0 Å². The number of methoxy groups -OCH3 is 1. The molecule has 0 bridgehead atoms. The van der Waals surface area contributed by atoms with Gasteiger partial charge in [-0.2, -0.15) is 0 Å². The normalized spacial score (nSPS) is 11.6. The number of hydrogen-bond acceptors (Lipinski definition) is 4. The van der Waals surface area contributed by atoms with Gasteiger partial charge in [0.05, 0.1) is 13.7 Å². The van der Waals surface area contributed by atoms with Gasteiger partial charge < -0.3 is 19.7 Å². The van der Waals surface area contributed by atoms with Crippen molar-refractivity contribution in [3.05, 3.63) is 94.0 Å². The molecule has 0 aromatic heterocycles. The number of carbonyl (C=O) groups is 2. The minimum atomic E-state index is -0.715. The third kappa shape index (κ3) is 9.79. The van der Waals surface area contributed by atoms with Gasteiger partial charge >= 0.3 is 0 Å². The van der Waals surface area contributed by atoms with Gasteiger partial charge in [0, 0.05) is 36.0 Å². The van der Waals surface area contributed by atoms with E-state index in [2.05, 4.69) is 5.32 Å². The molecule has 8 heteroatoms. The summed E-state index contributed by atoms with van der Waals surface area (Å²) in [7, 11) is 1.61. The summed E-state index contributed by atoms with van der Waals surface area (Å²) in [5, 5.41) is 3.98. The lowest BCUT2D eigenvalue weighted by Gasteiger charge is -2.32. The van der Waals surface area contributed by atoms with Gasteiger partial charge in [-0.1, -0.05) is 73.4 Å². The molecule has 3 aromatic rings. The standard InChI is InChI=1S/C31H36Cl2N2O4/c1-22(2)20-34-31(37)29(18-23-8-5-4-6-9-23)35(21-24-11-12-25(32)19-28(24)33)30(36)10-7-17-39-27-15-13-26(38-3)14-16-27/h4-6,8-9,11-16,19,22,29H,7,10,17-18,20-21H2,1-3H3,(H,34,37)/t29-/m1/s1. The minimum absolute atomic E-state index is 0.153. The number of ether oxygens (including phenoxy) is 2. The van der Waals surface area contributed by atoms with E-state index in [9.17, 15) is 9.59 Å². The van der Waals surface area contributed by atoms with Crippen LogP contribution in [-0.4, -0.2) is 43.0 Å². The maximum absolute atomic E-state index is 13.7. The molecule has 0 heterocycles. The SMILES string of the molecule is COc1ccc(OCCCC(=O)N(Cc2ccc(Cl)cc2Cl)[C@H](Cc2ccccc2)C(=O)NCC(C)C)cc1. The van der Waals surface area contributed by atoms with Crippen molar-refractivity contribution >= 4 is 35.0 Å². The molecule has 0 aliphatic heterocycles. The van der Waals surface area contributed by atoms with Crippen molar-refractivity contribution in [1.29, 1.82) is 0 Å². The fraction of sp³-hybridized carbons (Fsp3) is 0.355. The van der Waals surface area contributed by atoms with Crippen LogP contribution in [0.2, 0.25) is 10.0 Å². The number of amides is 2. The Morgan fingerprint density at radius 2 is 1.64 bits per heavy atom. The predicted molar refractivity (Wildman–Crippen MR) is 157 cm³/mol. The Balaban J connectivity index is 1.80. The first kappa shape index (κ1) is 30.3. The number of halogens is 2. The molecule has 0 spiro atoms. The largest absolute Gasteiger partial charge is 0.497 e. The van der Waals surface area contributed by atoms with Gasteiger partial charge in [-0.05, 0) is 59.9 Å². The van der Waals surface area contributed by atoms with Crippen molar-refractivity contribution in [3.63, 3.8) is 0 Å². The predicted octanol–water partition coefficient (Wildman–Crippen LogP) is 6.57. The third-order valence-corrected chi connectivity index (χ3v) is 6.76. The molecule has 0 fully saturated rings. The van der Waals surface area contributed by atoms with E-state index in [0.29, 0.717) is 41.8 Å². The zero-order valence-electron chi connectivity index (χ0n) is 22.7. The molecule has 0 saturated carbocycles. The average molecular weight is 572 g/mol. The summed E-state index contributed by atoms with van der Waals surface area (Å²) >= 11 is 12.6. The van der Waals surface area contributed by atoms with Crippen molar-refractivity contribution < 1.29 is 19.1 Å². The van der Waals surface area contributed by atoms with Crippen LogP contribution in [-0.2, 0) is 22.6 Å². The number of nitrogens with zero attached hydrogens (tertiary/aromatic N) is 1. The maximum atomic E-state index is 13.7. The molecule has 208 valence electrons. The number of hydrogen-bond donors (Lipinski definition) is 1. The molecule has 0 saturated heterocycles. The van der Waals surface area contributed by atoms with Gasteiger partial charge in [-0.3, -0.25) is 9.59 Å². The Labute approximate surface area is 241 Å². The molecule has 0 aliphatic carbocycles. The average Bonchev–Trinajstić information content (AvgIpc) is 2.93. The first-order chi connectivity index (χ1) is 18.8. The zero-order valence-corrected chi connectivity index (χ0v) is 24.2. The van der Waals surface area contributed by atoms with E-state index in [-0.39, 0.29) is 30.7 Å². The van der Waals surface area contributed by atoms with Gasteiger partial charge in [0.2, 0.25) is 11.8 Å². The summed E-state index contributed by atoms with van der Waals surface area (Å²) in [6.07, 6.45) is 1.08. The van der Waals surface area contributed by atoms with E-state index >= 15 is 0 Å². The van der Waals surface area contributed by atoms with Crippen LogP contribution in [0, 0.1) is 5.92 Å². The summed E-state index contributed by atoms with van der Waals surface area (Å²) < 4.78 is 11.0.